The van der Waals surface area contributed by atoms with Crippen molar-refractivity contribution in [2.75, 3.05) is 23.3 Å². The molecule has 1 amide bonds. The van der Waals surface area contributed by atoms with Crippen LogP contribution in [0.4, 0.5) is 11.4 Å². The standard InChI is InChI=1S/C25H23N3O6S/c1-33-19-9-11-20(12-10-19)35(31,32)28-14-4-5-17-15-18(8-13-21(17)28)26-24(29)16-27-22-6-2-3-7-23(22)34-25(27)30/h2-3,6-13,15H,4-5,14,16H2,1H3,(H,26,29). The molecule has 35 heavy (non-hydrogen) atoms. The number of methoxy groups -OCH3 is 1. The summed E-state index contributed by atoms with van der Waals surface area (Å²) in [5, 5.41) is 2.80. The van der Waals surface area contributed by atoms with E-state index >= 15 is 0 Å². The molecule has 0 fully saturated rings. The molecule has 0 aliphatic carbocycles. The highest BCUT2D eigenvalue weighted by Crippen LogP contribution is 2.34. The van der Waals surface area contributed by atoms with E-state index in [0.717, 1.165) is 5.56 Å². The number of sulfonamides is 1. The SMILES string of the molecule is COc1ccc(S(=O)(=O)N2CCCc3cc(NC(=O)Cn4c(=O)oc5ccccc54)ccc32)cc1. The summed E-state index contributed by atoms with van der Waals surface area (Å²) in [6.07, 6.45) is 1.33. The van der Waals surface area contributed by atoms with Crippen LogP contribution in [-0.2, 0) is 27.8 Å². The van der Waals surface area contributed by atoms with Gasteiger partial charge in [-0.3, -0.25) is 13.7 Å². The Hall–Kier alpha value is -4.05. The van der Waals surface area contributed by atoms with E-state index < -0.39 is 21.7 Å². The fourth-order valence-electron chi connectivity index (χ4n) is 4.27. The number of nitrogens with zero attached hydrogens (tertiary/aromatic N) is 2. The molecule has 5 rings (SSSR count). The van der Waals surface area contributed by atoms with E-state index in [4.69, 9.17) is 9.15 Å². The third kappa shape index (κ3) is 4.28. The Kier molecular flexibility index (Phi) is 5.81. The summed E-state index contributed by atoms with van der Waals surface area (Å²) in [5.41, 5.74) is 2.88. The first-order valence-corrected chi connectivity index (χ1v) is 12.5. The van der Waals surface area contributed by atoms with Crippen molar-refractivity contribution in [3.05, 3.63) is 82.8 Å². The molecule has 4 aromatic rings. The molecular formula is C25H23N3O6S. The van der Waals surface area contributed by atoms with Gasteiger partial charge in [-0.2, -0.15) is 0 Å². The average molecular weight is 494 g/mol. The highest BCUT2D eigenvalue weighted by atomic mass is 32.2. The van der Waals surface area contributed by atoms with Crippen molar-refractivity contribution in [1.29, 1.82) is 0 Å². The topological polar surface area (TPSA) is 111 Å². The largest absolute Gasteiger partial charge is 0.497 e. The van der Waals surface area contributed by atoms with Crippen LogP contribution >= 0.6 is 0 Å². The lowest BCUT2D eigenvalue weighted by Crippen LogP contribution is -2.35. The zero-order chi connectivity index (χ0) is 24.6. The lowest BCUT2D eigenvalue weighted by Gasteiger charge is -2.31. The third-order valence-electron chi connectivity index (χ3n) is 5.96. The molecule has 10 heteroatoms. The van der Waals surface area contributed by atoms with Crippen molar-refractivity contribution < 1.29 is 22.4 Å². The number of oxazole rings is 1. The predicted octanol–water partition coefficient (Wildman–Crippen LogP) is 3.38. The maximum atomic E-state index is 13.3. The van der Waals surface area contributed by atoms with Crippen molar-refractivity contribution in [3.63, 3.8) is 0 Å². The highest BCUT2D eigenvalue weighted by molar-refractivity contribution is 7.92. The fourth-order valence-corrected chi connectivity index (χ4v) is 5.81. The van der Waals surface area contributed by atoms with Crippen LogP contribution in [0.2, 0.25) is 0 Å². The summed E-state index contributed by atoms with van der Waals surface area (Å²) in [4.78, 5) is 25.0. The molecule has 0 radical (unpaired) electrons. The molecule has 0 saturated carbocycles. The predicted molar refractivity (Wildman–Crippen MR) is 131 cm³/mol. The number of carbonyl (C=O) groups is 1. The summed E-state index contributed by atoms with van der Waals surface area (Å²) >= 11 is 0. The summed E-state index contributed by atoms with van der Waals surface area (Å²) < 4.78 is 39.6. The number of carbonyl (C=O) groups excluding carboxylic acids is 1. The number of hydrogen-bond donors (Lipinski definition) is 1. The van der Waals surface area contributed by atoms with Gasteiger partial charge >= 0.3 is 5.76 Å². The maximum Gasteiger partial charge on any atom is 0.420 e. The number of aromatic nitrogens is 1. The maximum absolute atomic E-state index is 13.3. The van der Waals surface area contributed by atoms with Gasteiger partial charge in [0.05, 0.1) is 23.2 Å². The summed E-state index contributed by atoms with van der Waals surface area (Å²) in [7, 11) is -2.23. The Balaban J connectivity index is 1.37. The van der Waals surface area contributed by atoms with E-state index in [2.05, 4.69) is 5.32 Å². The second-order valence-electron chi connectivity index (χ2n) is 8.17. The molecule has 1 aromatic heterocycles. The Labute approximate surface area is 201 Å². The number of para-hydroxylation sites is 2. The second-order valence-corrected chi connectivity index (χ2v) is 10.0. The molecule has 0 bridgehead atoms. The third-order valence-corrected chi connectivity index (χ3v) is 7.79. The highest BCUT2D eigenvalue weighted by Gasteiger charge is 2.29. The van der Waals surface area contributed by atoms with Crippen LogP contribution in [0, 0.1) is 0 Å². The van der Waals surface area contributed by atoms with E-state index in [1.54, 1.807) is 54.6 Å². The molecule has 0 unspecified atom stereocenters. The van der Waals surface area contributed by atoms with Gasteiger partial charge in [-0.15, -0.1) is 0 Å². The van der Waals surface area contributed by atoms with Gasteiger partial charge in [0.15, 0.2) is 5.58 Å². The number of benzene rings is 3. The quantitative estimate of drug-likeness (QED) is 0.441. The van der Waals surface area contributed by atoms with Gasteiger partial charge in [0.25, 0.3) is 10.0 Å². The lowest BCUT2D eigenvalue weighted by molar-refractivity contribution is -0.116. The van der Waals surface area contributed by atoms with Crippen LogP contribution in [-0.4, -0.2) is 32.5 Å². The van der Waals surface area contributed by atoms with E-state index in [1.165, 1.54) is 28.1 Å². The number of rotatable bonds is 6. The smallest absolute Gasteiger partial charge is 0.420 e. The zero-order valence-corrected chi connectivity index (χ0v) is 19.7. The number of nitrogens with one attached hydrogen (secondary N) is 1. The van der Waals surface area contributed by atoms with Gasteiger partial charge in [0, 0.05) is 12.2 Å². The van der Waals surface area contributed by atoms with E-state index in [9.17, 15) is 18.0 Å². The van der Waals surface area contributed by atoms with Gasteiger partial charge in [-0.1, -0.05) is 12.1 Å². The minimum atomic E-state index is -3.75. The van der Waals surface area contributed by atoms with Gasteiger partial charge in [0.1, 0.15) is 12.3 Å². The van der Waals surface area contributed by atoms with Crippen molar-refractivity contribution in [2.45, 2.75) is 24.3 Å². The molecule has 180 valence electrons. The van der Waals surface area contributed by atoms with E-state index in [-0.39, 0.29) is 11.4 Å². The van der Waals surface area contributed by atoms with Crippen LogP contribution in [0.5, 0.6) is 5.75 Å². The monoisotopic (exact) mass is 493 g/mol. The number of ether oxygens (including phenoxy) is 1. The summed E-state index contributed by atoms with van der Waals surface area (Å²) in [6, 6.07) is 18.3. The Bertz CT molecular complexity index is 1570. The van der Waals surface area contributed by atoms with Crippen LogP contribution in [0.3, 0.4) is 0 Å². The molecule has 0 atom stereocenters. The van der Waals surface area contributed by atoms with Crippen molar-refractivity contribution >= 4 is 38.4 Å². The number of aryl methyl sites for hydroxylation is 1. The van der Waals surface area contributed by atoms with E-state index in [0.29, 0.717) is 47.6 Å². The number of hydrogen-bond acceptors (Lipinski definition) is 6. The minimum Gasteiger partial charge on any atom is -0.497 e. The minimum absolute atomic E-state index is 0.182. The molecule has 1 N–H and O–H groups in total. The molecule has 0 spiro atoms. The molecule has 2 heterocycles. The van der Waals surface area contributed by atoms with Gasteiger partial charge in [0.2, 0.25) is 5.91 Å². The van der Waals surface area contributed by atoms with Crippen LogP contribution in [0.1, 0.15) is 12.0 Å². The first-order chi connectivity index (χ1) is 16.9. The zero-order valence-electron chi connectivity index (χ0n) is 18.9. The van der Waals surface area contributed by atoms with Crippen molar-refractivity contribution in [3.8, 4) is 5.75 Å². The first kappa shape index (κ1) is 22.7. The van der Waals surface area contributed by atoms with Gasteiger partial charge < -0.3 is 14.5 Å². The normalized spacial score (nSPS) is 13.5. The number of anilines is 2. The molecule has 1 aliphatic rings. The van der Waals surface area contributed by atoms with Crippen LogP contribution in [0.15, 0.2) is 80.8 Å². The molecule has 3 aromatic carbocycles. The molecule has 0 saturated heterocycles. The van der Waals surface area contributed by atoms with Gasteiger partial charge in [-0.05, 0) is 73.0 Å². The van der Waals surface area contributed by atoms with Crippen molar-refractivity contribution in [2.24, 2.45) is 0 Å². The van der Waals surface area contributed by atoms with E-state index in [1.807, 2.05) is 0 Å². The Morgan fingerprint density at radius 2 is 1.86 bits per heavy atom. The summed E-state index contributed by atoms with van der Waals surface area (Å²) in [5.74, 6) is -0.419. The lowest BCUT2D eigenvalue weighted by atomic mass is 10.0. The van der Waals surface area contributed by atoms with Crippen LogP contribution in [0.25, 0.3) is 11.1 Å². The first-order valence-electron chi connectivity index (χ1n) is 11.0. The molecular weight excluding hydrogens is 470 g/mol. The van der Waals surface area contributed by atoms with Gasteiger partial charge in [-0.25, -0.2) is 13.2 Å². The Morgan fingerprint density at radius 3 is 2.63 bits per heavy atom. The number of fused-ring (bicyclic) bond motifs is 2. The fraction of sp³-hybridized carbons (Fsp3) is 0.200. The molecule has 1 aliphatic heterocycles. The summed E-state index contributed by atoms with van der Waals surface area (Å²) in [6.45, 7) is 0.161. The van der Waals surface area contributed by atoms with Crippen molar-refractivity contribution in [1.82, 2.24) is 4.57 Å². The van der Waals surface area contributed by atoms with Crippen LogP contribution < -0.4 is 20.1 Å². The number of amides is 1. The average Bonchev–Trinajstić information content (AvgIpc) is 3.18. The second kappa shape index (κ2) is 8.95. The molecule has 9 nitrogen and oxygen atoms in total. The Morgan fingerprint density at radius 1 is 1.09 bits per heavy atom.